The summed E-state index contributed by atoms with van der Waals surface area (Å²) in [7, 11) is 1.81. The number of fused-ring (bicyclic) bond motifs is 4. The molecule has 0 aliphatic heterocycles. The maximum Gasteiger partial charge on any atom is 0.329 e. The highest BCUT2D eigenvalue weighted by molar-refractivity contribution is 5.90. The molecule has 1 aromatic carbocycles. The van der Waals surface area contributed by atoms with Gasteiger partial charge >= 0.3 is 5.97 Å². The average Bonchev–Trinajstić information content (AvgIpc) is 3.62. The van der Waals surface area contributed by atoms with Crippen molar-refractivity contribution >= 4 is 39.5 Å². The number of ether oxygens (including phenoxy) is 1. The highest BCUT2D eigenvalue weighted by Crippen LogP contribution is 2.25. The SMILES string of the molecule is CCOC(=O)[C@@H](Cc1cc2ccccc2[nH]1)Nc1nc2nn(C)cc2c2nc(-c3ccco3)nn12. The van der Waals surface area contributed by atoms with E-state index in [2.05, 4.69) is 30.5 Å². The fourth-order valence-electron chi connectivity index (χ4n) is 4.16. The number of aryl methyl sites for hydroxylation is 1. The second-order valence-electron chi connectivity index (χ2n) is 8.16. The quantitative estimate of drug-likeness (QED) is 0.340. The molecule has 0 aliphatic carbocycles. The lowest BCUT2D eigenvalue weighted by Crippen LogP contribution is -2.35. The first kappa shape index (κ1) is 20.9. The Labute approximate surface area is 198 Å². The van der Waals surface area contributed by atoms with Crippen molar-refractivity contribution in [3.63, 3.8) is 0 Å². The zero-order valence-corrected chi connectivity index (χ0v) is 19.1. The van der Waals surface area contributed by atoms with Crippen LogP contribution in [0.1, 0.15) is 12.6 Å². The summed E-state index contributed by atoms with van der Waals surface area (Å²) < 4.78 is 14.1. The number of para-hydroxylation sites is 1. The molecule has 1 atom stereocenters. The Bertz CT molecular complexity index is 1630. The molecule has 6 rings (SSSR count). The molecule has 5 heterocycles. The minimum Gasteiger partial charge on any atom is -0.464 e. The molecule has 0 unspecified atom stereocenters. The van der Waals surface area contributed by atoms with Crippen LogP contribution in [0.25, 0.3) is 39.2 Å². The number of rotatable bonds is 7. The van der Waals surface area contributed by atoms with Crippen LogP contribution in [-0.4, -0.2) is 53.0 Å². The van der Waals surface area contributed by atoms with Crippen molar-refractivity contribution in [1.82, 2.24) is 34.3 Å². The summed E-state index contributed by atoms with van der Waals surface area (Å²) in [6.45, 7) is 2.04. The Morgan fingerprint density at radius 1 is 1.20 bits per heavy atom. The molecule has 0 saturated carbocycles. The van der Waals surface area contributed by atoms with Crippen LogP contribution in [0.4, 0.5) is 5.95 Å². The molecule has 11 nitrogen and oxygen atoms in total. The van der Waals surface area contributed by atoms with E-state index in [4.69, 9.17) is 9.15 Å². The molecular formula is C24H22N8O3. The molecule has 11 heteroatoms. The van der Waals surface area contributed by atoms with E-state index in [1.807, 2.05) is 43.6 Å². The number of hydrogen-bond donors (Lipinski definition) is 2. The standard InChI is InChI=1S/C24H22N8O3/c1-3-34-23(33)18(12-15-11-14-7-4-5-8-17(14)25-15)26-24-28-20-16(13-31(2)29-20)22-27-21(30-32(22)24)19-9-6-10-35-19/h4-11,13,18,25H,3,12H2,1-2H3,(H,26,28,29)/t18-/m1/s1. The predicted octanol–water partition coefficient (Wildman–Crippen LogP) is 3.34. The molecule has 0 saturated heterocycles. The maximum atomic E-state index is 13.0. The number of aromatic nitrogens is 7. The third-order valence-electron chi connectivity index (χ3n) is 5.70. The summed E-state index contributed by atoms with van der Waals surface area (Å²) in [6.07, 6.45) is 3.75. The van der Waals surface area contributed by atoms with Crippen molar-refractivity contribution in [2.24, 2.45) is 7.05 Å². The van der Waals surface area contributed by atoms with Gasteiger partial charge in [0.1, 0.15) is 6.04 Å². The second-order valence-corrected chi connectivity index (χ2v) is 8.16. The molecule has 0 spiro atoms. The number of furan rings is 1. The molecule has 176 valence electrons. The van der Waals surface area contributed by atoms with Crippen molar-refractivity contribution in [1.29, 1.82) is 0 Å². The van der Waals surface area contributed by atoms with Gasteiger partial charge in [0.15, 0.2) is 17.1 Å². The van der Waals surface area contributed by atoms with E-state index in [0.29, 0.717) is 35.2 Å². The Hall–Kier alpha value is -4.67. The number of hydrogen-bond acceptors (Lipinski definition) is 8. The van der Waals surface area contributed by atoms with E-state index < -0.39 is 12.0 Å². The number of esters is 1. The molecule has 0 fully saturated rings. The number of nitrogens with zero attached hydrogens (tertiary/aromatic N) is 6. The fourth-order valence-corrected chi connectivity index (χ4v) is 4.16. The summed E-state index contributed by atoms with van der Waals surface area (Å²) in [5.41, 5.74) is 2.92. The lowest BCUT2D eigenvalue weighted by atomic mass is 10.1. The Kier molecular flexibility index (Phi) is 4.94. The Morgan fingerprint density at radius 2 is 2.09 bits per heavy atom. The number of nitrogens with one attached hydrogen (secondary N) is 2. The van der Waals surface area contributed by atoms with Gasteiger partial charge in [-0.2, -0.15) is 14.6 Å². The minimum absolute atomic E-state index is 0.262. The number of carbonyl (C=O) groups is 1. The summed E-state index contributed by atoms with van der Waals surface area (Å²) in [6, 6.07) is 12.8. The number of aromatic amines is 1. The molecular weight excluding hydrogens is 448 g/mol. The largest absolute Gasteiger partial charge is 0.464 e. The van der Waals surface area contributed by atoms with Crippen molar-refractivity contribution in [3.8, 4) is 11.6 Å². The third-order valence-corrected chi connectivity index (χ3v) is 5.70. The van der Waals surface area contributed by atoms with Gasteiger partial charge in [-0.3, -0.25) is 4.68 Å². The van der Waals surface area contributed by atoms with E-state index in [1.54, 1.807) is 34.5 Å². The first-order valence-electron chi connectivity index (χ1n) is 11.2. The van der Waals surface area contributed by atoms with Gasteiger partial charge in [0.25, 0.3) is 0 Å². The third kappa shape index (κ3) is 3.76. The van der Waals surface area contributed by atoms with Crippen LogP contribution >= 0.6 is 0 Å². The van der Waals surface area contributed by atoms with Crippen LogP contribution < -0.4 is 5.32 Å². The zero-order chi connectivity index (χ0) is 23.9. The molecule has 6 aromatic rings. The second kappa shape index (κ2) is 8.28. The van der Waals surface area contributed by atoms with Gasteiger partial charge in [0, 0.05) is 30.9 Å². The average molecular weight is 470 g/mol. The smallest absolute Gasteiger partial charge is 0.329 e. The molecule has 0 bridgehead atoms. The predicted molar refractivity (Wildman–Crippen MR) is 129 cm³/mol. The fraction of sp³-hybridized carbons (Fsp3) is 0.208. The Balaban J connectivity index is 1.43. The van der Waals surface area contributed by atoms with Crippen LogP contribution in [0.15, 0.2) is 59.3 Å². The van der Waals surface area contributed by atoms with Gasteiger partial charge < -0.3 is 19.5 Å². The molecule has 5 aromatic heterocycles. The minimum atomic E-state index is -0.726. The van der Waals surface area contributed by atoms with Crippen molar-refractivity contribution < 1.29 is 13.9 Å². The Morgan fingerprint density at radius 3 is 2.89 bits per heavy atom. The van der Waals surface area contributed by atoms with Crippen LogP contribution in [0.3, 0.4) is 0 Å². The van der Waals surface area contributed by atoms with Crippen LogP contribution in [0.5, 0.6) is 0 Å². The first-order valence-corrected chi connectivity index (χ1v) is 11.2. The monoisotopic (exact) mass is 470 g/mol. The van der Waals surface area contributed by atoms with E-state index in [1.165, 1.54) is 0 Å². The first-order chi connectivity index (χ1) is 17.1. The molecule has 0 aliphatic rings. The summed E-state index contributed by atoms with van der Waals surface area (Å²) >= 11 is 0. The molecule has 35 heavy (non-hydrogen) atoms. The molecule has 2 N–H and O–H groups in total. The summed E-state index contributed by atoms with van der Waals surface area (Å²) in [5, 5.41) is 14.1. The highest BCUT2D eigenvalue weighted by atomic mass is 16.5. The normalized spacial score (nSPS) is 12.5. The lowest BCUT2D eigenvalue weighted by Gasteiger charge is -2.17. The number of H-pyrrole nitrogens is 1. The summed E-state index contributed by atoms with van der Waals surface area (Å²) in [5.74, 6) is 0.857. The number of anilines is 1. The van der Waals surface area contributed by atoms with Gasteiger partial charge in [0.2, 0.25) is 11.8 Å². The molecule has 0 radical (unpaired) electrons. The van der Waals surface area contributed by atoms with Crippen LogP contribution in [0.2, 0.25) is 0 Å². The zero-order valence-electron chi connectivity index (χ0n) is 19.1. The molecule has 0 amide bonds. The van der Waals surface area contributed by atoms with Gasteiger partial charge in [-0.05, 0) is 36.6 Å². The lowest BCUT2D eigenvalue weighted by molar-refractivity contribution is -0.144. The maximum absolute atomic E-state index is 13.0. The number of benzene rings is 1. The van der Waals surface area contributed by atoms with Crippen LogP contribution in [0, 0.1) is 0 Å². The van der Waals surface area contributed by atoms with E-state index in [9.17, 15) is 4.79 Å². The summed E-state index contributed by atoms with van der Waals surface area (Å²) in [4.78, 5) is 25.6. The topological polar surface area (TPSA) is 128 Å². The van der Waals surface area contributed by atoms with Gasteiger partial charge in [-0.25, -0.2) is 9.78 Å². The van der Waals surface area contributed by atoms with Crippen molar-refractivity contribution in [2.45, 2.75) is 19.4 Å². The number of carbonyl (C=O) groups excluding carboxylic acids is 1. The van der Waals surface area contributed by atoms with Gasteiger partial charge in [-0.1, -0.05) is 18.2 Å². The van der Waals surface area contributed by atoms with Gasteiger partial charge in [-0.15, -0.1) is 5.10 Å². The highest BCUT2D eigenvalue weighted by Gasteiger charge is 2.25. The van der Waals surface area contributed by atoms with E-state index in [-0.39, 0.29) is 6.61 Å². The van der Waals surface area contributed by atoms with Crippen molar-refractivity contribution in [3.05, 3.63) is 60.6 Å². The van der Waals surface area contributed by atoms with E-state index >= 15 is 0 Å². The van der Waals surface area contributed by atoms with Crippen molar-refractivity contribution in [2.75, 3.05) is 11.9 Å². The van der Waals surface area contributed by atoms with Crippen LogP contribution in [-0.2, 0) is 23.0 Å². The van der Waals surface area contributed by atoms with Gasteiger partial charge in [0.05, 0.1) is 18.3 Å². The van der Waals surface area contributed by atoms with E-state index in [0.717, 1.165) is 22.0 Å².